The number of H-pyrrole nitrogens is 1. The van der Waals surface area contributed by atoms with Crippen molar-refractivity contribution >= 4 is 11.7 Å². The molecule has 0 saturated carbocycles. The van der Waals surface area contributed by atoms with Crippen LogP contribution in [-0.4, -0.2) is 16.7 Å². The van der Waals surface area contributed by atoms with Gasteiger partial charge < -0.3 is 15.0 Å². The summed E-state index contributed by atoms with van der Waals surface area (Å²) in [4.78, 5) is 13.7. The first-order valence-electron chi connectivity index (χ1n) is 16.6. The first-order valence-corrected chi connectivity index (χ1v) is 16.6. The number of nitrogens with zero attached hydrogens (tertiary/aromatic N) is 2. The van der Waals surface area contributed by atoms with Crippen LogP contribution in [0.25, 0.3) is 22.4 Å². The van der Waals surface area contributed by atoms with Crippen molar-refractivity contribution in [1.82, 2.24) is 10.3 Å². The molecule has 49 heavy (non-hydrogen) atoms. The summed E-state index contributed by atoms with van der Waals surface area (Å²) in [5, 5.41) is 3.65. The number of ether oxygens (including phenoxy) is 1. The summed E-state index contributed by atoms with van der Waals surface area (Å²) in [7, 11) is 0. The van der Waals surface area contributed by atoms with Crippen molar-refractivity contribution in [3.63, 3.8) is 0 Å². The van der Waals surface area contributed by atoms with Crippen LogP contribution in [-0.2, 0) is 5.41 Å². The van der Waals surface area contributed by atoms with Crippen molar-refractivity contribution in [1.29, 1.82) is 0 Å². The number of aromatic nitrogens is 1. The maximum absolute atomic E-state index is 6.68. The average molecular weight is 631 g/mol. The predicted molar refractivity (Wildman–Crippen MR) is 195 cm³/mol. The van der Waals surface area contributed by atoms with Gasteiger partial charge in [0, 0.05) is 28.5 Å². The molecule has 7 aromatic rings. The molecular weight excluding hydrogens is 601 g/mol. The van der Waals surface area contributed by atoms with E-state index in [1.165, 1.54) is 22.3 Å². The van der Waals surface area contributed by atoms with Crippen LogP contribution in [0.15, 0.2) is 174 Å². The molecule has 1 aliphatic carbocycles. The highest BCUT2D eigenvalue weighted by Gasteiger charge is 2.51. The summed E-state index contributed by atoms with van der Waals surface area (Å²) >= 11 is 0. The first kappa shape index (κ1) is 27.6. The highest BCUT2D eigenvalue weighted by atomic mass is 16.5. The van der Waals surface area contributed by atoms with Crippen LogP contribution in [0.5, 0.6) is 11.5 Å². The smallest absolute Gasteiger partial charge is 0.159 e. The molecule has 0 amide bonds. The maximum Gasteiger partial charge on any atom is 0.159 e. The number of amidine groups is 2. The quantitative estimate of drug-likeness (QED) is 0.203. The highest BCUT2D eigenvalue weighted by Crippen LogP contribution is 2.62. The Kier molecular flexibility index (Phi) is 6.09. The Labute approximate surface area is 284 Å². The Hall–Kier alpha value is -6.46. The summed E-state index contributed by atoms with van der Waals surface area (Å²) in [5.74, 6) is 3.21. The second-order valence-electron chi connectivity index (χ2n) is 12.7. The fourth-order valence-corrected chi connectivity index (χ4v) is 7.93. The fourth-order valence-electron chi connectivity index (χ4n) is 7.93. The molecule has 2 aliphatic heterocycles. The van der Waals surface area contributed by atoms with Gasteiger partial charge in [-0.3, -0.25) is 0 Å². The molecule has 1 aromatic heterocycles. The number of hydrogen-bond acceptors (Lipinski definition) is 4. The number of rotatable bonds is 4. The van der Waals surface area contributed by atoms with Gasteiger partial charge in [0.25, 0.3) is 0 Å². The largest absolute Gasteiger partial charge is 0.457 e. The zero-order valence-electron chi connectivity index (χ0n) is 26.5. The van der Waals surface area contributed by atoms with E-state index < -0.39 is 5.41 Å². The van der Waals surface area contributed by atoms with E-state index in [4.69, 9.17) is 14.7 Å². The van der Waals surface area contributed by atoms with E-state index in [1.807, 2.05) is 42.6 Å². The second-order valence-corrected chi connectivity index (χ2v) is 12.7. The molecule has 6 aromatic carbocycles. The molecule has 1 spiro atoms. The van der Waals surface area contributed by atoms with Gasteiger partial charge in [-0.15, -0.1) is 0 Å². The Morgan fingerprint density at radius 3 is 1.92 bits per heavy atom. The topological polar surface area (TPSA) is 61.8 Å². The third kappa shape index (κ3) is 4.12. The lowest BCUT2D eigenvalue weighted by atomic mass is 9.66. The number of para-hydroxylation sites is 1. The van der Waals surface area contributed by atoms with E-state index in [9.17, 15) is 0 Å². The lowest BCUT2D eigenvalue weighted by Gasteiger charge is -2.39. The van der Waals surface area contributed by atoms with Gasteiger partial charge in [-0.05, 0) is 63.7 Å². The molecule has 10 rings (SSSR count). The summed E-state index contributed by atoms with van der Waals surface area (Å²) in [6.07, 6.45) is 1.71. The number of benzene rings is 6. The number of nitrogens with one attached hydrogen (secondary N) is 2. The van der Waals surface area contributed by atoms with Crippen LogP contribution in [0.1, 0.15) is 45.1 Å². The van der Waals surface area contributed by atoms with E-state index in [-0.39, 0.29) is 6.17 Å². The number of fused-ring (bicyclic) bond motifs is 9. The zero-order valence-corrected chi connectivity index (χ0v) is 26.5. The highest BCUT2D eigenvalue weighted by molar-refractivity contribution is 6.15. The normalized spacial score (nSPS) is 16.3. The number of aliphatic imine (C=N–C) groups is 2. The van der Waals surface area contributed by atoms with E-state index >= 15 is 0 Å². The second kappa shape index (κ2) is 10.8. The van der Waals surface area contributed by atoms with Gasteiger partial charge in [0.15, 0.2) is 5.84 Å². The summed E-state index contributed by atoms with van der Waals surface area (Å²) < 4.78 is 6.68. The molecule has 1 unspecified atom stereocenters. The van der Waals surface area contributed by atoms with Crippen molar-refractivity contribution in [2.75, 3.05) is 0 Å². The predicted octanol–water partition coefficient (Wildman–Crippen LogP) is 9.65. The third-order valence-corrected chi connectivity index (χ3v) is 10.0. The van der Waals surface area contributed by atoms with Crippen LogP contribution < -0.4 is 10.1 Å². The summed E-state index contributed by atoms with van der Waals surface area (Å²) in [6, 6.07) is 55.3. The van der Waals surface area contributed by atoms with Gasteiger partial charge in [-0.2, -0.15) is 0 Å². The molecule has 0 radical (unpaired) electrons. The minimum Gasteiger partial charge on any atom is -0.457 e. The third-order valence-electron chi connectivity index (χ3n) is 10.0. The minimum absolute atomic E-state index is 0.283. The van der Waals surface area contributed by atoms with Gasteiger partial charge >= 0.3 is 0 Å². The van der Waals surface area contributed by atoms with Gasteiger partial charge in [-0.25, -0.2) is 9.98 Å². The standard InChI is InChI=1S/C44H30N4O/c1-3-13-28(14-4-1)41-46-42(29-15-5-2-6-16-29)48-43(47-41)33-25-26-45-40(33)30-23-24-39-37(27-30)44(36-21-11-12-22-38(36)49-39)34-19-9-7-17-31(34)32-18-8-10-20-35(32)44/h1-27,41,45H,(H,46,47,48). The maximum atomic E-state index is 6.68. The van der Waals surface area contributed by atoms with Gasteiger partial charge in [0.05, 0.1) is 11.1 Å². The molecule has 2 N–H and O–H groups in total. The minimum atomic E-state index is -0.535. The Bertz CT molecular complexity index is 2410. The Morgan fingerprint density at radius 2 is 1.16 bits per heavy atom. The SMILES string of the molecule is c1ccc(C2=NC(c3ccccc3)NC(c3cc[nH]c3-c3ccc4c(c3)C3(c5ccccc5O4)c4ccccc4-c4ccccc43)=N2)cc1. The number of hydrogen-bond donors (Lipinski definition) is 2. The lowest BCUT2D eigenvalue weighted by Crippen LogP contribution is -2.33. The monoisotopic (exact) mass is 630 g/mol. The molecule has 5 heteroatoms. The van der Waals surface area contributed by atoms with Crippen LogP contribution in [0.2, 0.25) is 0 Å². The van der Waals surface area contributed by atoms with Crippen LogP contribution in [0.4, 0.5) is 0 Å². The molecule has 0 fully saturated rings. The molecule has 5 nitrogen and oxygen atoms in total. The van der Waals surface area contributed by atoms with Gasteiger partial charge in [0.1, 0.15) is 23.5 Å². The Balaban J connectivity index is 1.16. The zero-order chi connectivity index (χ0) is 32.4. The van der Waals surface area contributed by atoms with E-state index in [0.29, 0.717) is 5.84 Å². The van der Waals surface area contributed by atoms with Crippen LogP contribution in [0, 0.1) is 0 Å². The van der Waals surface area contributed by atoms with Crippen molar-refractivity contribution in [3.8, 4) is 33.9 Å². The van der Waals surface area contributed by atoms with E-state index in [2.05, 4.69) is 132 Å². The van der Waals surface area contributed by atoms with Crippen molar-refractivity contribution < 1.29 is 4.74 Å². The average Bonchev–Trinajstić information content (AvgIpc) is 3.78. The number of aromatic amines is 1. The molecule has 0 bridgehead atoms. The van der Waals surface area contributed by atoms with Crippen molar-refractivity contribution in [3.05, 3.63) is 203 Å². The summed E-state index contributed by atoms with van der Waals surface area (Å²) in [5.41, 5.74) is 11.8. The van der Waals surface area contributed by atoms with Crippen molar-refractivity contribution in [2.24, 2.45) is 9.98 Å². The molecular formula is C44H30N4O. The van der Waals surface area contributed by atoms with Crippen LogP contribution >= 0.6 is 0 Å². The molecule has 0 saturated heterocycles. The molecule has 3 aliphatic rings. The van der Waals surface area contributed by atoms with Crippen molar-refractivity contribution in [2.45, 2.75) is 11.6 Å². The molecule has 3 heterocycles. The van der Waals surface area contributed by atoms with Crippen LogP contribution in [0.3, 0.4) is 0 Å². The van der Waals surface area contributed by atoms with Gasteiger partial charge in [0.2, 0.25) is 0 Å². The Morgan fingerprint density at radius 1 is 0.531 bits per heavy atom. The summed E-state index contributed by atoms with van der Waals surface area (Å²) in [6.45, 7) is 0. The van der Waals surface area contributed by atoms with Gasteiger partial charge in [-0.1, -0.05) is 127 Å². The molecule has 1 atom stereocenters. The van der Waals surface area contributed by atoms with E-state index in [0.717, 1.165) is 56.4 Å². The lowest BCUT2D eigenvalue weighted by molar-refractivity contribution is 0.436. The first-order chi connectivity index (χ1) is 24.3. The fraction of sp³-hybridized carbons (Fsp3) is 0.0455. The molecule has 232 valence electrons. The van der Waals surface area contributed by atoms with E-state index in [1.54, 1.807) is 0 Å².